The van der Waals surface area contributed by atoms with Crippen LogP contribution in [0.5, 0.6) is 11.5 Å². The number of amides is 3. The lowest BCUT2D eigenvalue weighted by molar-refractivity contribution is -0.135. The third-order valence-electron chi connectivity index (χ3n) is 5.25. The van der Waals surface area contributed by atoms with Crippen LogP contribution < -0.4 is 14.4 Å². The molecule has 1 heterocycles. The standard InChI is InChI=1S/C24H24N2O7/c1-32-19-9-8-16(14-20(19)33-2)12-13-25(21(27)10-11-23(29)30)18-15-22(28)26(24(18)31)17-6-4-3-5-7-17/h3-11,14,18H,12-13,15H2,1-2H3,(H,29,30)/b11-10+. The number of nitrogens with zero attached hydrogens (tertiary/aromatic N) is 2. The first-order chi connectivity index (χ1) is 15.8. The van der Waals surface area contributed by atoms with Gasteiger partial charge in [0.15, 0.2) is 11.5 Å². The van der Waals surface area contributed by atoms with Crippen molar-refractivity contribution >= 4 is 29.4 Å². The van der Waals surface area contributed by atoms with E-state index in [4.69, 9.17) is 14.6 Å². The highest BCUT2D eigenvalue weighted by atomic mass is 16.5. The van der Waals surface area contributed by atoms with Crippen LogP contribution in [-0.2, 0) is 25.6 Å². The molecular formula is C24H24N2O7. The highest BCUT2D eigenvalue weighted by molar-refractivity contribution is 6.23. The maximum Gasteiger partial charge on any atom is 0.328 e. The minimum absolute atomic E-state index is 0.0879. The van der Waals surface area contributed by atoms with Crippen molar-refractivity contribution in [2.75, 3.05) is 25.7 Å². The van der Waals surface area contributed by atoms with Crippen LogP contribution in [-0.4, -0.2) is 60.5 Å². The molecule has 3 rings (SSSR count). The average Bonchev–Trinajstić information content (AvgIpc) is 3.11. The Hall–Kier alpha value is -4.14. The minimum atomic E-state index is -1.29. The van der Waals surface area contributed by atoms with Gasteiger partial charge in [0.25, 0.3) is 5.91 Å². The first-order valence-electron chi connectivity index (χ1n) is 10.2. The van der Waals surface area contributed by atoms with E-state index in [1.807, 2.05) is 0 Å². The topological polar surface area (TPSA) is 113 Å². The molecule has 0 radical (unpaired) electrons. The number of rotatable bonds is 9. The molecule has 1 N–H and O–H groups in total. The summed E-state index contributed by atoms with van der Waals surface area (Å²) in [6, 6.07) is 12.7. The highest BCUT2D eigenvalue weighted by Crippen LogP contribution is 2.29. The quantitative estimate of drug-likeness (QED) is 0.458. The van der Waals surface area contributed by atoms with Gasteiger partial charge >= 0.3 is 5.97 Å². The fourth-order valence-corrected chi connectivity index (χ4v) is 3.65. The van der Waals surface area contributed by atoms with Crippen molar-refractivity contribution in [3.05, 3.63) is 66.2 Å². The summed E-state index contributed by atoms with van der Waals surface area (Å²) in [6.45, 7) is 0.0879. The third-order valence-corrected chi connectivity index (χ3v) is 5.25. The number of carbonyl (C=O) groups excluding carboxylic acids is 3. The Balaban J connectivity index is 1.86. The van der Waals surface area contributed by atoms with Gasteiger partial charge in [0, 0.05) is 18.7 Å². The zero-order valence-electron chi connectivity index (χ0n) is 18.3. The number of carbonyl (C=O) groups is 4. The van der Waals surface area contributed by atoms with Crippen molar-refractivity contribution in [3.8, 4) is 11.5 Å². The van der Waals surface area contributed by atoms with Crippen LogP contribution in [0.1, 0.15) is 12.0 Å². The van der Waals surface area contributed by atoms with Crippen LogP contribution in [0.3, 0.4) is 0 Å². The molecule has 9 nitrogen and oxygen atoms in total. The molecule has 0 aliphatic carbocycles. The Kier molecular flexibility index (Phi) is 7.45. The molecule has 0 saturated carbocycles. The van der Waals surface area contributed by atoms with Crippen LogP contribution in [0.25, 0.3) is 0 Å². The molecule has 9 heteroatoms. The molecule has 1 aliphatic heterocycles. The van der Waals surface area contributed by atoms with Gasteiger partial charge in [0.05, 0.1) is 26.3 Å². The Morgan fingerprint density at radius 2 is 1.76 bits per heavy atom. The minimum Gasteiger partial charge on any atom is -0.493 e. The van der Waals surface area contributed by atoms with E-state index < -0.39 is 29.7 Å². The predicted molar refractivity (Wildman–Crippen MR) is 119 cm³/mol. The van der Waals surface area contributed by atoms with Crippen molar-refractivity contribution < 1.29 is 33.8 Å². The van der Waals surface area contributed by atoms with Gasteiger partial charge in [-0.2, -0.15) is 0 Å². The van der Waals surface area contributed by atoms with Crippen LogP contribution in [0, 0.1) is 0 Å². The van der Waals surface area contributed by atoms with Gasteiger partial charge < -0.3 is 19.5 Å². The monoisotopic (exact) mass is 452 g/mol. The summed E-state index contributed by atoms with van der Waals surface area (Å²) < 4.78 is 10.5. The fourth-order valence-electron chi connectivity index (χ4n) is 3.65. The fraction of sp³-hybridized carbons (Fsp3) is 0.250. The van der Waals surface area contributed by atoms with Crippen molar-refractivity contribution in [1.82, 2.24) is 4.90 Å². The number of para-hydroxylation sites is 1. The first kappa shape index (κ1) is 23.5. The largest absolute Gasteiger partial charge is 0.493 e. The molecule has 3 amide bonds. The summed E-state index contributed by atoms with van der Waals surface area (Å²) in [5.41, 5.74) is 1.23. The van der Waals surface area contributed by atoms with Crippen molar-refractivity contribution in [2.24, 2.45) is 0 Å². The number of aliphatic carboxylic acids is 1. The second kappa shape index (κ2) is 10.4. The first-order valence-corrected chi connectivity index (χ1v) is 10.2. The summed E-state index contributed by atoms with van der Waals surface area (Å²) in [4.78, 5) is 51.8. The number of hydrogen-bond donors (Lipinski definition) is 1. The summed E-state index contributed by atoms with van der Waals surface area (Å²) in [7, 11) is 3.03. The van der Waals surface area contributed by atoms with E-state index in [1.54, 1.807) is 48.5 Å². The lowest BCUT2D eigenvalue weighted by Crippen LogP contribution is -2.45. The molecular weight excluding hydrogens is 428 g/mol. The number of carboxylic acid groups (broad SMARTS) is 1. The van der Waals surface area contributed by atoms with Gasteiger partial charge in [-0.05, 0) is 36.2 Å². The average molecular weight is 452 g/mol. The molecule has 1 aliphatic rings. The molecule has 172 valence electrons. The Bertz CT molecular complexity index is 1080. The number of carboxylic acids is 1. The predicted octanol–water partition coefficient (Wildman–Crippen LogP) is 2.05. The molecule has 1 atom stereocenters. The van der Waals surface area contributed by atoms with Gasteiger partial charge in [-0.1, -0.05) is 24.3 Å². The Morgan fingerprint density at radius 1 is 1.06 bits per heavy atom. The summed E-state index contributed by atoms with van der Waals surface area (Å²) in [5.74, 6) is -1.85. The normalized spacial score (nSPS) is 15.7. The van der Waals surface area contributed by atoms with Gasteiger partial charge in [-0.15, -0.1) is 0 Å². The Morgan fingerprint density at radius 3 is 2.39 bits per heavy atom. The van der Waals surface area contributed by atoms with E-state index in [1.165, 1.54) is 19.1 Å². The number of imide groups is 1. The number of hydrogen-bond acceptors (Lipinski definition) is 6. The molecule has 1 fully saturated rings. The van der Waals surface area contributed by atoms with Gasteiger partial charge in [-0.25, -0.2) is 9.69 Å². The molecule has 33 heavy (non-hydrogen) atoms. The summed E-state index contributed by atoms with van der Waals surface area (Å²) in [6.07, 6.45) is 1.75. The summed E-state index contributed by atoms with van der Waals surface area (Å²) >= 11 is 0. The lowest BCUT2D eigenvalue weighted by atomic mass is 10.1. The van der Waals surface area contributed by atoms with Crippen LogP contribution in [0.4, 0.5) is 5.69 Å². The van der Waals surface area contributed by atoms with Crippen molar-refractivity contribution in [2.45, 2.75) is 18.9 Å². The van der Waals surface area contributed by atoms with Gasteiger partial charge in [0.1, 0.15) is 6.04 Å². The number of methoxy groups -OCH3 is 2. The molecule has 1 saturated heterocycles. The van der Waals surface area contributed by atoms with E-state index in [-0.39, 0.29) is 13.0 Å². The second-order valence-corrected chi connectivity index (χ2v) is 7.27. The number of benzene rings is 2. The van der Waals surface area contributed by atoms with Crippen LogP contribution in [0.2, 0.25) is 0 Å². The zero-order chi connectivity index (χ0) is 24.0. The second-order valence-electron chi connectivity index (χ2n) is 7.27. The van der Waals surface area contributed by atoms with E-state index in [9.17, 15) is 19.2 Å². The molecule has 0 spiro atoms. The van der Waals surface area contributed by atoms with E-state index >= 15 is 0 Å². The smallest absolute Gasteiger partial charge is 0.328 e. The maximum atomic E-state index is 13.1. The lowest BCUT2D eigenvalue weighted by Gasteiger charge is -2.26. The molecule has 2 aromatic carbocycles. The Labute approximate surface area is 190 Å². The van der Waals surface area contributed by atoms with Gasteiger partial charge in [0.2, 0.25) is 11.8 Å². The SMILES string of the molecule is COc1ccc(CCN(C(=O)/C=C/C(=O)O)C2CC(=O)N(c3ccccc3)C2=O)cc1OC. The van der Waals surface area contributed by atoms with Crippen molar-refractivity contribution in [3.63, 3.8) is 0 Å². The van der Waals surface area contributed by atoms with E-state index in [2.05, 4.69) is 0 Å². The molecule has 0 aromatic heterocycles. The van der Waals surface area contributed by atoms with Crippen molar-refractivity contribution in [1.29, 1.82) is 0 Å². The van der Waals surface area contributed by atoms with E-state index in [0.717, 1.165) is 16.5 Å². The highest BCUT2D eigenvalue weighted by Gasteiger charge is 2.43. The maximum absolute atomic E-state index is 13.1. The third kappa shape index (κ3) is 5.38. The molecule has 1 unspecified atom stereocenters. The van der Waals surface area contributed by atoms with Gasteiger partial charge in [-0.3, -0.25) is 14.4 Å². The summed E-state index contributed by atoms with van der Waals surface area (Å²) in [5, 5.41) is 8.90. The van der Waals surface area contributed by atoms with E-state index in [0.29, 0.717) is 29.7 Å². The number of ether oxygens (including phenoxy) is 2. The van der Waals surface area contributed by atoms with Crippen LogP contribution >= 0.6 is 0 Å². The van der Waals surface area contributed by atoms with Crippen LogP contribution in [0.15, 0.2) is 60.7 Å². The number of anilines is 1. The molecule has 0 bridgehead atoms. The zero-order valence-corrected chi connectivity index (χ0v) is 18.3. The molecule has 2 aromatic rings.